The second kappa shape index (κ2) is 10.0. The van der Waals surface area contributed by atoms with Crippen molar-refractivity contribution in [1.29, 1.82) is 0 Å². The van der Waals surface area contributed by atoms with Gasteiger partial charge in [-0.2, -0.15) is 0 Å². The Bertz CT molecular complexity index is 1270. The van der Waals surface area contributed by atoms with Gasteiger partial charge in [0.2, 0.25) is 0 Å². The number of nitrogens with zero attached hydrogens (tertiary/aromatic N) is 2. The van der Waals surface area contributed by atoms with Crippen LogP contribution in [0.1, 0.15) is 0 Å². The highest BCUT2D eigenvalue weighted by atomic mass is 35.5. The van der Waals surface area contributed by atoms with Crippen molar-refractivity contribution in [3.8, 4) is 11.5 Å². The highest BCUT2D eigenvalue weighted by molar-refractivity contribution is 7.99. The molecule has 0 saturated heterocycles. The summed E-state index contributed by atoms with van der Waals surface area (Å²) in [5.74, 6) is 1.26. The Hall–Kier alpha value is -3.07. The van der Waals surface area contributed by atoms with E-state index in [1.807, 2.05) is 48.5 Å². The molecule has 0 unspecified atom stereocenters. The minimum absolute atomic E-state index is 0.485. The number of benzene rings is 3. The molecule has 0 aliphatic rings. The van der Waals surface area contributed by atoms with Gasteiger partial charge in [-0.1, -0.05) is 29.4 Å². The number of hydrogen-bond donors (Lipinski definition) is 2. The Morgan fingerprint density at radius 3 is 2.38 bits per heavy atom. The lowest BCUT2D eigenvalue weighted by molar-refractivity contribution is 0.355. The highest BCUT2D eigenvalue weighted by Gasteiger charge is 2.12. The van der Waals surface area contributed by atoms with Crippen molar-refractivity contribution in [2.75, 3.05) is 24.9 Å². The molecule has 0 saturated carbocycles. The number of anilines is 2. The van der Waals surface area contributed by atoms with Crippen molar-refractivity contribution in [3.63, 3.8) is 0 Å². The predicted octanol–water partition coefficient (Wildman–Crippen LogP) is 6.26. The molecule has 0 aliphatic heterocycles. The predicted molar refractivity (Wildman–Crippen MR) is 135 cm³/mol. The SMILES string of the molecule is COc1cc2ncnc(Sc3cccc(NC(=S)Nc4ccc(Cl)cc4)c3)c2cc1OC. The van der Waals surface area contributed by atoms with Crippen LogP contribution in [0.3, 0.4) is 0 Å². The molecule has 4 aromatic rings. The van der Waals surface area contributed by atoms with Gasteiger partial charge in [0.1, 0.15) is 11.4 Å². The van der Waals surface area contributed by atoms with E-state index >= 15 is 0 Å². The lowest BCUT2D eigenvalue weighted by atomic mass is 10.2. The Morgan fingerprint density at radius 1 is 0.906 bits per heavy atom. The zero-order valence-electron chi connectivity index (χ0n) is 17.3. The molecular formula is C23H19ClN4O2S2. The quantitative estimate of drug-likeness (QED) is 0.246. The van der Waals surface area contributed by atoms with E-state index < -0.39 is 0 Å². The molecule has 4 rings (SSSR count). The first-order valence-electron chi connectivity index (χ1n) is 9.54. The average Bonchev–Trinajstić information content (AvgIpc) is 2.80. The summed E-state index contributed by atoms with van der Waals surface area (Å²) >= 11 is 12.9. The maximum Gasteiger partial charge on any atom is 0.175 e. The minimum atomic E-state index is 0.485. The van der Waals surface area contributed by atoms with E-state index in [0.29, 0.717) is 21.6 Å². The smallest absolute Gasteiger partial charge is 0.175 e. The topological polar surface area (TPSA) is 68.3 Å². The first-order valence-corrected chi connectivity index (χ1v) is 11.1. The van der Waals surface area contributed by atoms with Crippen molar-refractivity contribution >= 4 is 63.0 Å². The van der Waals surface area contributed by atoms with Gasteiger partial charge in [-0.3, -0.25) is 0 Å². The molecule has 0 atom stereocenters. The largest absolute Gasteiger partial charge is 0.493 e. The molecule has 2 N–H and O–H groups in total. The van der Waals surface area contributed by atoms with Gasteiger partial charge in [0.15, 0.2) is 16.6 Å². The summed E-state index contributed by atoms with van der Waals surface area (Å²) in [6.07, 6.45) is 1.55. The number of hydrogen-bond acceptors (Lipinski definition) is 6. The van der Waals surface area contributed by atoms with Gasteiger partial charge in [0.25, 0.3) is 0 Å². The first-order chi connectivity index (χ1) is 15.6. The zero-order valence-corrected chi connectivity index (χ0v) is 19.6. The maximum absolute atomic E-state index is 5.93. The third-order valence-corrected chi connectivity index (χ3v) is 5.98. The van der Waals surface area contributed by atoms with Crippen LogP contribution in [0, 0.1) is 0 Å². The molecule has 0 amide bonds. The number of aromatic nitrogens is 2. The number of rotatable bonds is 6. The van der Waals surface area contributed by atoms with Crippen LogP contribution in [0.15, 0.2) is 76.9 Å². The van der Waals surface area contributed by atoms with Crippen LogP contribution in [0.4, 0.5) is 11.4 Å². The van der Waals surface area contributed by atoms with E-state index in [0.717, 1.165) is 32.2 Å². The van der Waals surface area contributed by atoms with Crippen molar-refractivity contribution in [1.82, 2.24) is 9.97 Å². The van der Waals surface area contributed by atoms with Crippen LogP contribution in [0.25, 0.3) is 10.9 Å². The van der Waals surface area contributed by atoms with Crippen molar-refractivity contribution in [2.45, 2.75) is 9.92 Å². The maximum atomic E-state index is 5.93. The van der Waals surface area contributed by atoms with Gasteiger partial charge in [0.05, 0.1) is 19.7 Å². The molecule has 0 aliphatic carbocycles. The van der Waals surface area contributed by atoms with Crippen LogP contribution < -0.4 is 20.1 Å². The van der Waals surface area contributed by atoms with Gasteiger partial charge < -0.3 is 20.1 Å². The lowest BCUT2D eigenvalue weighted by Crippen LogP contribution is -2.18. The van der Waals surface area contributed by atoms with Gasteiger partial charge in [-0.05, 0) is 60.7 Å². The molecule has 0 spiro atoms. The molecule has 1 heterocycles. The van der Waals surface area contributed by atoms with Crippen LogP contribution in [0.2, 0.25) is 5.02 Å². The summed E-state index contributed by atoms with van der Waals surface area (Å²) in [5.41, 5.74) is 2.50. The molecule has 0 fully saturated rings. The molecule has 0 bridgehead atoms. The third-order valence-electron chi connectivity index (χ3n) is 4.51. The number of fused-ring (bicyclic) bond motifs is 1. The number of methoxy groups -OCH3 is 2. The van der Waals surface area contributed by atoms with Crippen LogP contribution in [-0.4, -0.2) is 29.3 Å². The first kappa shape index (κ1) is 22.1. The third kappa shape index (κ3) is 5.21. The van der Waals surface area contributed by atoms with E-state index in [4.69, 9.17) is 33.3 Å². The summed E-state index contributed by atoms with van der Waals surface area (Å²) in [6.45, 7) is 0. The monoisotopic (exact) mass is 482 g/mol. The summed E-state index contributed by atoms with van der Waals surface area (Å²) < 4.78 is 10.8. The van der Waals surface area contributed by atoms with Gasteiger partial charge in [-0.25, -0.2) is 9.97 Å². The van der Waals surface area contributed by atoms with E-state index in [1.54, 1.807) is 32.7 Å². The summed E-state index contributed by atoms with van der Waals surface area (Å²) in [4.78, 5) is 9.84. The Morgan fingerprint density at radius 2 is 1.62 bits per heavy atom. The highest BCUT2D eigenvalue weighted by Crippen LogP contribution is 2.37. The zero-order chi connectivity index (χ0) is 22.5. The van der Waals surface area contributed by atoms with E-state index in [9.17, 15) is 0 Å². The lowest BCUT2D eigenvalue weighted by Gasteiger charge is -2.12. The van der Waals surface area contributed by atoms with E-state index in [1.165, 1.54) is 11.8 Å². The second-order valence-electron chi connectivity index (χ2n) is 6.62. The number of ether oxygens (including phenoxy) is 2. The fourth-order valence-corrected chi connectivity index (χ4v) is 4.31. The fraction of sp³-hybridized carbons (Fsp3) is 0.0870. The molecule has 32 heavy (non-hydrogen) atoms. The molecular weight excluding hydrogens is 464 g/mol. The van der Waals surface area contributed by atoms with E-state index in [-0.39, 0.29) is 0 Å². The van der Waals surface area contributed by atoms with E-state index in [2.05, 4.69) is 20.6 Å². The normalized spacial score (nSPS) is 10.6. The van der Waals surface area contributed by atoms with Gasteiger partial charge in [-0.15, -0.1) is 0 Å². The molecule has 162 valence electrons. The second-order valence-corrected chi connectivity index (χ2v) is 8.53. The number of halogens is 1. The average molecular weight is 483 g/mol. The Balaban J connectivity index is 1.53. The van der Waals surface area contributed by atoms with Crippen molar-refractivity contribution in [2.24, 2.45) is 0 Å². The summed E-state index contributed by atoms with van der Waals surface area (Å²) in [5, 5.41) is 9.21. The molecule has 0 radical (unpaired) electrons. The number of nitrogens with one attached hydrogen (secondary N) is 2. The van der Waals surface area contributed by atoms with Crippen molar-refractivity contribution in [3.05, 3.63) is 72.0 Å². The Labute approximate surface area is 200 Å². The van der Waals surface area contributed by atoms with Crippen molar-refractivity contribution < 1.29 is 9.47 Å². The van der Waals surface area contributed by atoms with Gasteiger partial charge in [0, 0.05) is 32.7 Å². The standard InChI is InChI=1S/C23H19ClN4O2S2/c1-29-20-11-18-19(12-21(20)30-2)25-13-26-22(18)32-17-5-3-4-16(10-17)28-23(31)27-15-8-6-14(24)7-9-15/h3-13H,1-2H3,(H2,27,28,31). The van der Waals surface area contributed by atoms with Gasteiger partial charge >= 0.3 is 0 Å². The van der Waals surface area contributed by atoms with Crippen LogP contribution >= 0.6 is 35.6 Å². The summed E-state index contributed by atoms with van der Waals surface area (Å²) in [7, 11) is 3.21. The molecule has 6 nitrogen and oxygen atoms in total. The Kier molecular flexibility index (Phi) is 6.94. The fourth-order valence-electron chi connectivity index (χ4n) is 3.02. The molecule has 3 aromatic carbocycles. The molecule has 1 aromatic heterocycles. The molecule has 9 heteroatoms. The summed E-state index contributed by atoms with van der Waals surface area (Å²) in [6, 6.07) is 19.0. The minimum Gasteiger partial charge on any atom is -0.493 e. The number of thiocarbonyl (C=S) groups is 1. The van der Waals surface area contributed by atoms with Crippen LogP contribution in [0.5, 0.6) is 11.5 Å². The van der Waals surface area contributed by atoms with Crippen LogP contribution in [-0.2, 0) is 0 Å².